The Morgan fingerprint density at radius 1 is 1.27 bits per heavy atom. The molecule has 0 radical (unpaired) electrons. The molecule has 0 bridgehead atoms. The van der Waals surface area contributed by atoms with Crippen LogP contribution in [0.15, 0.2) is 42.9 Å². The summed E-state index contributed by atoms with van der Waals surface area (Å²) in [5.74, 6) is -0.0694. The normalized spacial score (nSPS) is 17.0. The van der Waals surface area contributed by atoms with Gasteiger partial charge in [-0.15, -0.1) is 24.8 Å². The molecule has 1 aliphatic rings. The number of piperidine rings is 1. The number of imidazole rings is 1. The van der Waals surface area contributed by atoms with Gasteiger partial charge < -0.3 is 10.6 Å². The summed E-state index contributed by atoms with van der Waals surface area (Å²) in [4.78, 5) is 16.5. The minimum atomic E-state index is -0.0694. The van der Waals surface area contributed by atoms with E-state index in [4.69, 9.17) is 0 Å². The van der Waals surface area contributed by atoms with Gasteiger partial charge in [0.05, 0.1) is 12.5 Å². The number of carbonyl (C=O) groups is 1. The number of nitrogens with zero attached hydrogens (tertiary/aromatic N) is 2. The van der Waals surface area contributed by atoms with Crippen molar-refractivity contribution < 1.29 is 4.79 Å². The minimum Gasteiger partial charge on any atom is -0.347 e. The van der Waals surface area contributed by atoms with Crippen LogP contribution < -0.4 is 10.6 Å². The summed E-state index contributed by atoms with van der Waals surface area (Å²) < 4.78 is 1.81. The van der Waals surface area contributed by atoms with Crippen LogP contribution >= 0.6 is 24.8 Å². The van der Waals surface area contributed by atoms with Gasteiger partial charge in [0.1, 0.15) is 5.69 Å². The Labute approximate surface area is 142 Å². The van der Waals surface area contributed by atoms with E-state index in [9.17, 15) is 4.79 Å². The van der Waals surface area contributed by atoms with Crippen molar-refractivity contribution in [3.8, 4) is 5.69 Å². The zero-order valence-electron chi connectivity index (χ0n) is 12.1. The fourth-order valence-corrected chi connectivity index (χ4v) is 2.49. The molecule has 2 heterocycles. The third kappa shape index (κ3) is 4.22. The first-order chi connectivity index (χ1) is 9.84. The highest BCUT2D eigenvalue weighted by Gasteiger charge is 2.19. The van der Waals surface area contributed by atoms with Crippen molar-refractivity contribution in [2.75, 3.05) is 13.1 Å². The number of hydrogen-bond donors (Lipinski definition) is 2. The first-order valence-corrected chi connectivity index (χ1v) is 6.94. The molecule has 1 atom stereocenters. The molecule has 1 fully saturated rings. The van der Waals surface area contributed by atoms with Gasteiger partial charge in [-0.1, -0.05) is 18.2 Å². The fraction of sp³-hybridized carbons (Fsp3) is 0.333. The van der Waals surface area contributed by atoms with E-state index < -0.39 is 0 Å². The molecule has 1 aliphatic heterocycles. The smallest absolute Gasteiger partial charge is 0.270 e. The third-order valence-corrected chi connectivity index (χ3v) is 3.54. The van der Waals surface area contributed by atoms with Crippen molar-refractivity contribution in [2.24, 2.45) is 0 Å². The molecular formula is C15H20Cl2N4O. The maximum absolute atomic E-state index is 12.4. The van der Waals surface area contributed by atoms with Crippen LogP contribution in [0.2, 0.25) is 0 Å². The molecule has 3 rings (SSSR count). The van der Waals surface area contributed by atoms with E-state index in [1.807, 2.05) is 34.9 Å². The zero-order valence-corrected chi connectivity index (χ0v) is 13.7. The maximum atomic E-state index is 12.4. The molecule has 1 aromatic heterocycles. The first kappa shape index (κ1) is 18.5. The van der Waals surface area contributed by atoms with E-state index in [0.29, 0.717) is 5.69 Å². The summed E-state index contributed by atoms with van der Waals surface area (Å²) in [5.41, 5.74) is 1.51. The second-order valence-corrected chi connectivity index (χ2v) is 5.00. The number of carbonyl (C=O) groups excluding carboxylic acids is 1. The molecule has 0 spiro atoms. The molecule has 1 amide bonds. The molecular weight excluding hydrogens is 323 g/mol. The number of benzene rings is 1. The average Bonchev–Trinajstić information content (AvgIpc) is 2.99. The van der Waals surface area contributed by atoms with Gasteiger partial charge in [0, 0.05) is 18.3 Å². The molecule has 0 saturated carbocycles. The molecule has 22 heavy (non-hydrogen) atoms. The van der Waals surface area contributed by atoms with Crippen molar-refractivity contribution in [3.05, 3.63) is 48.5 Å². The predicted molar refractivity (Wildman–Crippen MR) is 91.4 cm³/mol. The van der Waals surface area contributed by atoms with Gasteiger partial charge in [-0.25, -0.2) is 4.98 Å². The Kier molecular flexibility index (Phi) is 7.38. The van der Waals surface area contributed by atoms with Crippen molar-refractivity contribution in [1.82, 2.24) is 20.2 Å². The number of rotatable bonds is 3. The monoisotopic (exact) mass is 342 g/mol. The Morgan fingerprint density at radius 2 is 2.05 bits per heavy atom. The zero-order chi connectivity index (χ0) is 13.8. The number of halogens is 2. The van der Waals surface area contributed by atoms with E-state index in [1.165, 1.54) is 0 Å². The maximum Gasteiger partial charge on any atom is 0.270 e. The van der Waals surface area contributed by atoms with Gasteiger partial charge in [-0.3, -0.25) is 9.36 Å². The van der Waals surface area contributed by atoms with E-state index >= 15 is 0 Å². The average molecular weight is 343 g/mol. The molecule has 120 valence electrons. The van der Waals surface area contributed by atoms with E-state index in [0.717, 1.165) is 31.6 Å². The van der Waals surface area contributed by atoms with E-state index in [2.05, 4.69) is 15.6 Å². The Bertz CT molecular complexity index is 582. The van der Waals surface area contributed by atoms with Crippen LogP contribution in [0.25, 0.3) is 5.69 Å². The van der Waals surface area contributed by atoms with Crippen molar-refractivity contribution in [3.63, 3.8) is 0 Å². The van der Waals surface area contributed by atoms with Crippen LogP contribution in [0.4, 0.5) is 0 Å². The van der Waals surface area contributed by atoms with Crippen LogP contribution in [-0.4, -0.2) is 34.6 Å². The predicted octanol–water partition coefficient (Wildman–Crippen LogP) is 2.20. The lowest BCUT2D eigenvalue weighted by atomic mass is 10.1. The quantitative estimate of drug-likeness (QED) is 0.898. The molecule has 7 heteroatoms. The Balaban J connectivity index is 0.00000121. The van der Waals surface area contributed by atoms with Gasteiger partial charge >= 0.3 is 0 Å². The summed E-state index contributed by atoms with van der Waals surface area (Å²) in [7, 11) is 0. The lowest BCUT2D eigenvalue weighted by molar-refractivity contribution is 0.0923. The molecule has 0 aliphatic carbocycles. The first-order valence-electron chi connectivity index (χ1n) is 6.94. The van der Waals surface area contributed by atoms with Gasteiger partial charge in [-0.05, 0) is 31.5 Å². The third-order valence-electron chi connectivity index (χ3n) is 3.54. The summed E-state index contributed by atoms with van der Waals surface area (Å²) in [6.45, 7) is 1.87. The fourth-order valence-electron chi connectivity index (χ4n) is 2.49. The van der Waals surface area contributed by atoms with Crippen molar-refractivity contribution in [2.45, 2.75) is 18.9 Å². The highest BCUT2D eigenvalue weighted by atomic mass is 35.5. The molecule has 1 saturated heterocycles. The standard InChI is InChI=1S/C15H18N4O.2ClH/c20-15(18-12-5-4-8-16-9-12)14-10-17-11-19(14)13-6-2-1-3-7-13;;/h1-3,6-7,10-12,16H,4-5,8-9H2,(H,18,20);2*1H/t12-;;/m0../s1. The summed E-state index contributed by atoms with van der Waals surface area (Å²) in [6, 6.07) is 9.97. The minimum absolute atomic E-state index is 0. The second kappa shape index (κ2) is 8.78. The lowest BCUT2D eigenvalue weighted by Gasteiger charge is -2.23. The Hall–Kier alpha value is -1.56. The van der Waals surface area contributed by atoms with Crippen LogP contribution in [0, 0.1) is 0 Å². The topological polar surface area (TPSA) is 59.0 Å². The van der Waals surface area contributed by atoms with Gasteiger partial charge in [0.25, 0.3) is 5.91 Å². The lowest BCUT2D eigenvalue weighted by Crippen LogP contribution is -2.45. The number of para-hydroxylation sites is 1. The number of amides is 1. The number of hydrogen-bond acceptors (Lipinski definition) is 3. The van der Waals surface area contributed by atoms with Crippen molar-refractivity contribution in [1.29, 1.82) is 0 Å². The molecule has 0 unspecified atom stereocenters. The summed E-state index contributed by atoms with van der Waals surface area (Å²) in [5, 5.41) is 6.36. The van der Waals surface area contributed by atoms with Crippen LogP contribution in [0.3, 0.4) is 0 Å². The SMILES string of the molecule is Cl.Cl.O=C(N[C@H]1CCCNC1)c1cncn1-c1ccccc1. The van der Waals surface area contributed by atoms with Crippen LogP contribution in [-0.2, 0) is 0 Å². The van der Waals surface area contributed by atoms with Gasteiger partial charge in [-0.2, -0.15) is 0 Å². The number of nitrogens with one attached hydrogen (secondary N) is 2. The van der Waals surface area contributed by atoms with Crippen LogP contribution in [0.5, 0.6) is 0 Å². The molecule has 2 aromatic rings. The van der Waals surface area contributed by atoms with Gasteiger partial charge in [0.15, 0.2) is 0 Å². The molecule has 5 nitrogen and oxygen atoms in total. The highest BCUT2D eigenvalue weighted by molar-refractivity contribution is 5.93. The van der Waals surface area contributed by atoms with E-state index in [-0.39, 0.29) is 36.8 Å². The molecule has 2 N–H and O–H groups in total. The summed E-state index contributed by atoms with van der Waals surface area (Å²) >= 11 is 0. The second-order valence-electron chi connectivity index (χ2n) is 5.00. The largest absolute Gasteiger partial charge is 0.347 e. The number of aromatic nitrogens is 2. The summed E-state index contributed by atoms with van der Waals surface area (Å²) in [6.07, 6.45) is 5.41. The van der Waals surface area contributed by atoms with Gasteiger partial charge in [0.2, 0.25) is 0 Å². The van der Waals surface area contributed by atoms with Crippen LogP contribution in [0.1, 0.15) is 23.3 Å². The molecule has 1 aromatic carbocycles. The van der Waals surface area contributed by atoms with Crippen molar-refractivity contribution >= 4 is 30.7 Å². The Morgan fingerprint density at radius 3 is 2.73 bits per heavy atom. The van der Waals surface area contributed by atoms with E-state index in [1.54, 1.807) is 12.5 Å². The highest BCUT2D eigenvalue weighted by Crippen LogP contribution is 2.11.